The van der Waals surface area contributed by atoms with Gasteiger partial charge in [0.05, 0.1) is 0 Å². The van der Waals surface area contributed by atoms with Gasteiger partial charge in [-0.2, -0.15) is 0 Å². The van der Waals surface area contributed by atoms with Crippen LogP contribution in [0.5, 0.6) is 0 Å². The van der Waals surface area contributed by atoms with Crippen molar-refractivity contribution in [3.05, 3.63) is 12.2 Å². The molecule has 0 N–H and O–H groups in total. The van der Waals surface area contributed by atoms with Gasteiger partial charge in [-0.3, -0.25) is 4.79 Å². The maximum Gasteiger partial charge on any atom is 0.145 e. The molecule has 0 aliphatic heterocycles. The van der Waals surface area contributed by atoms with Gasteiger partial charge in [0, 0.05) is 0 Å². The van der Waals surface area contributed by atoms with E-state index in [0.717, 1.165) is 17.8 Å². The van der Waals surface area contributed by atoms with E-state index >= 15 is 0 Å². The molecule has 0 spiro atoms. The molecule has 74 valence electrons. The molecular formula is C12H20O. The highest BCUT2D eigenvalue weighted by Gasteiger charge is 2.21. The fourth-order valence-corrected chi connectivity index (χ4v) is 2.33. The topological polar surface area (TPSA) is 17.1 Å². The Balaban J connectivity index is 2.30. The Morgan fingerprint density at radius 1 is 1.38 bits per heavy atom. The molecule has 0 unspecified atom stereocenters. The van der Waals surface area contributed by atoms with E-state index in [-0.39, 0.29) is 0 Å². The zero-order chi connectivity index (χ0) is 9.68. The molecule has 0 radical (unpaired) electrons. The zero-order valence-electron chi connectivity index (χ0n) is 8.59. The first-order chi connectivity index (χ1) is 6.27. The molecule has 0 aromatic rings. The zero-order valence-corrected chi connectivity index (χ0v) is 8.59. The number of aldehydes is 1. The molecule has 0 aromatic heterocycles. The molecule has 1 fully saturated rings. The average Bonchev–Trinajstić information content (AvgIpc) is 2.18. The molecule has 1 nitrogen and oxygen atoms in total. The fourth-order valence-electron chi connectivity index (χ4n) is 2.33. The van der Waals surface area contributed by atoms with Crippen LogP contribution < -0.4 is 0 Å². The molecule has 1 heteroatoms. The van der Waals surface area contributed by atoms with Gasteiger partial charge in [-0.1, -0.05) is 26.3 Å². The van der Waals surface area contributed by atoms with E-state index in [1.807, 2.05) is 0 Å². The molecule has 1 aliphatic carbocycles. The van der Waals surface area contributed by atoms with Gasteiger partial charge in [0.25, 0.3) is 0 Å². The van der Waals surface area contributed by atoms with Crippen LogP contribution in [0.4, 0.5) is 0 Å². The van der Waals surface area contributed by atoms with Crippen LogP contribution >= 0.6 is 0 Å². The molecule has 13 heavy (non-hydrogen) atoms. The third-order valence-electron chi connectivity index (χ3n) is 3.22. The van der Waals surface area contributed by atoms with E-state index in [2.05, 4.69) is 13.5 Å². The van der Waals surface area contributed by atoms with Crippen LogP contribution in [0.3, 0.4) is 0 Å². The van der Waals surface area contributed by atoms with E-state index in [4.69, 9.17) is 0 Å². The Hall–Kier alpha value is -0.590. The molecule has 0 amide bonds. The maximum atomic E-state index is 10.5. The molecule has 1 saturated carbocycles. The smallest absolute Gasteiger partial charge is 0.145 e. The predicted octanol–water partition coefficient (Wildman–Crippen LogP) is 3.35. The summed E-state index contributed by atoms with van der Waals surface area (Å²) in [4.78, 5) is 10.5. The predicted molar refractivity (Wildman–Crippen MR) is 55.6 cm³/mol. The van der Waals surface area contributed by atoms with Crippen LogP contribution in [0.15, 0.2) is 12.2 Å². The lowest BCUT2D eigenvalue weighted by atomic mass is 9.77. The van der Waals surface area contributed by atoms with Crippen LogP contribution in [-0.4, -0.2) is 6.29 Å². The summed E-state index contributed by atoms with van der Waals surface area (Å²) < 4.78 is 0. The number of rotatable bonds is 4. The molecule has 1 aliphatic rings. The monoisotopic (exact) mass is 180 g/mol. The molecule has 0 aromatic carbocycles. The Morgan fingerprint density at radius 3 is 2.46 bits per heavy atom. The van der Waals surface area contributed by atoms with E-state index in [9.17, 15) is 4.79 Å². The van der Waals surface area contributed by atoms with Crippen molar-refractivity contribution in [2.75, 3.05) is 0 Å². The highest BCUT2D eigenvalue weighted by molar-refractivity contribution is 5.72. The lowest BCUT2D eigenvalue weighted by Gasteiger charge is -2.27. The summed E-state index contributed by atoms with van der Waals surface area (Å²) in [7, 11) is 0. The third-order valence-corrected chi connectivity index (χ3v) is 3.22. The first kappa shape index (κ1) is 10.5. The average molecular weight is 180 g/mol. The summed E-state index contributed by atoms with van der Waals surface area (Å²) in [6, 6.07) is 0. The highest BCUT2D eigenvalue weighted by atomic mass is 16.1. The minimum atomic E-state index is 0.491. The summed E-state index contributed by atoms with van der Waals surface area (Å²) >= 11 is 0. The van der Waals surface area contributed by atoms with E-state index < -0.39 is 0 Å². The second-order valence-corrected chi connectivity index (χ2v) is 4.20. The molecule has 0 atom stereocenters. The number of carbonyl (C=O) groups excluding carboxylic acids is 1. The summed E-state index contributed by atoms with van der Waals surface area (Å²) in [5.74, 6) is 1.41. The van der Waals surface area contributed by atoms with E-state index in [1.165, 1.54) is 38.5 Å². The summed E-state index contributed by atoms with van der Waals surface area (Å²) in [5.41, 5.74) is 0.815. The second kappa shape index (κ2) is 5.21. The first-order valence-corrected chi connectivity index (χ1v) is 5.41. The SMILES string of the molecule is C=C(C=O)C1CCC(CCC)CC1. The van der Waals surface area contributed by atoms with Gasteiger partial charge in [0.15, 0.2) is 0 Å². The quantitative estimate of drug-likeness (QED) is 0.479. The van der Waals surface area contributed by atoms with E-state index in [0.29, 0.717) is 5.92 Å². The first-order valence-electron chi connectivity index (χ1n) is 5.41. The number of hydrogen-bond acceptors (Lipinski definition) is 1. The van der Waals surface area contributed by atoms with Gasteiger partial charge in [0.1, 0.15) is 6.29 Å². The van der Waals surface area contributed by atoms with Crippen LogP contribution in [0.1, 0.15) is 45.4 Å². The number of carbonyl (C=O) groups is 1. The lowest BCUT2D eigenvalue weighted by molar-refractivity contribution is -0.105. The fraction of sp³-hybridized carbons (Fsp3) is 0.750. The van der Waals surface area contributed by atoms with Crippen molar-refractivity contribution in [1.82, 2.24) is 0 Å². The van der Waals surface area contributed by atoms with Gasteiger partial charge >= 0.3 is 0 Å². The number of allylic oxidation sites excluding steroid dienone is 1. The van der Waals surface area contributed by atoms with Crippen molar-refractivity contribution < 1.29 is 4.79 Å². The van der Waals surface area contributed by atoms with Crippen molar-refractivity contribution in [3.8, 4) is 0 Å². The highest BCUT2D eigenvalue weighted by Crippen LogP contribution is 2.34. The van der Waals surface area contributed by atoms with Crippen LogP contribution in [0, 0.1) is 11.8 Å². The van der Waals surface area contributed by atoms with Gasteiger partial charge in [-0.15, -0.1) is 0 Å². The molecule has 0 heterocycles. The van der Waals surface area contributed by atoms with Crippen LogP contribution in [-0.2, 0) is 4.79 Å². The number of hydrogen-bond donors (Lipinski definition) is 0. The maximum absolute atomic E-state index is 10.5. The molecule has 0 saturated heterocycles. The minimum absolute atomic E-state index is 0.491. The Labute approximate surface area is 81.2 Å². The standard InChI is InChI=1S/C12H20O/c1-3-4-11-5-7-12(8-6-11)10(2)9-13/h9,11-12H,2-8H2,1H3. The lowest BCUT2D eigenvalue weighted by Crippen LogP contribution is -2.16. The molecular weight excluding hydrogens is 160 g/mol. The van der Waals surface area contributed by atoms with Crippen LogP contribution in [0.25, 0.3) is 0 Å². The second-order valence-electron chi connectivity index (χ2n) is 4.20. The Bertz CT molecular complexity index is 176. The largest absolute Gasteiger partial charge is 0.298 e. The molecule has 1 rings (SSSR count). The van der Waals surface area contributed by atoms with Crippen LogP contribution in [0.2, 0.25) is 0 Å². The summed E-state index contributed by atoms with van der Waals surface area (Å²) in [6.45, 7) is 6.05. The van der Waals surface area contributed by atoms with Crippen molar-refractivity contribution in [2.24, 2.45) is 11.8 Å². The van der Waals surface area contributed by atoms with Crippen molar-refractivity contribution in [2.45, 2.75) is 45.4 Å². The van der Waals surface area contributed by atoms with Gasteiger partial charge < -0.3 is 0 Å². The summed E-state index contributed by atoms with van der Waals surface area (Å²) in [6.07, 6.45) is 8.55. The third kappa shape index (κ3) is 2.98. The van der Waals surface area contributed by atoms with Crippen molar-refractivity contribution in [3.63, 3.8) is 0 Å². The van der Waals surface area contributed by atoms with Crippen molar-refractivity contribution in [1.29, 1.82) is 0 Å². The normalized spacial score (nSPS) is 28.4. The van der Waals surface area contributed by atoms with Gasteiger partial charge in [-0.25, -0.2) is 0 Å². The van der Waals surface area contributed by atoms with Crippen molar-refractivity contribution >= 4 is 6.29 Å². The van der Waals surface area contributed by atoms with Gasteiger partial charge in [-0.05, 0) is 43.1 Å². The summed E-state index contributed by atoms with van der Waals surface area (Å²) in [5, 5.41) is 0. The Kier molecular flexibility index (Phi) is 4.20. The van der Waals surface area contributed by atoms with Gasteiger partial charge in [0.2, 0.25) is 0 Å². The Morgan fingerprint density at radius 2 is 2.00 bits per heavy atom. The minimum Gasteiger partial charge on any atom is -0.298 e. The molecule has 0 bridgehead atoms. The van der Waals surface area contributed by atoms with E-state index in [1.54, 1.807) is 0 Å².